The Balaban J connectivity index is 2.62. The summed E-state index contributed by atoms with van der Waals surface area (Å²) >= 11 is 0. The summed E-state index contributed by atoms with van der Waals surface area (Å²) in [7, 11) is 0. The van der Waals surface area contributed by atoms with Crippen molar-refractivity contribution in [2.24, 2.45) is 0 Å². The number of hydrogen-bond acceptors (Lipinski definition) is 2. The molecule has 0 spiro atoms. The topological polar surface area (TPSA) is 34.4 Å². The van der Waals surface area contributed by atoms with Crippen molar-refractivity contribution in [3.63, 3.8) is 0 Å². The first-order valence-corrected chi connectivity index (χ1v) is 5.55. The van der Waals surface area contributed by atoms with Gasteiger partial charge in [-0.2, -0.15) is 0 Å². The number of pyridine rings is 1. The molecule has 0 bridgehead atoms. The first-order chi connectivity index (χ1) is 8.16. The number of rotatable bonds is 0. The molecule has 0 radical (unpaired) electrons. The minimum absolute atomic E-state index is 0.00287. The van der Waals surface area contributed by atoms with Crippen molar-refractivity contribution < 1.29 is 0 Å². The van der Waals surface area contributed by atoms with Gasteiger partial charge in [-0.3, -0.25) is 9.20 Å². The maximum Gasteiger partial charge on any atom is 0.265 e. The molecule has 84 valence electrons. The summed E-state index contributed by atoms with van der Waals surface area (Å²) in [6.07, 6.45) is 1.78. The second-order valence-electron chi connectivity index (χ2n) is 4.32. The number of aromatic nitrogens is 2. The van der Waals surface area contributed by atoms with Gasteiger partial charge in [0.25, 0.3) is 5.56 Å². The quantitative estimate of drug-likeness (QED) is 0.550. The van der Waals surface area contributed by atoms with Gasteiger partial charge < -0.3 is 0 Å². The van der Waals surface area contributed by atoms with Crippen LogP contribution in [-0.2, 0) is 0 Å². The molecule has 3 rings (SSSR count). The van der Waals surface area contributed by atoms with Crippen LogP contribution < -0.4 is 5.56 Å². The third-order valence-corrected chi connectivity index (χ3v) is 3.01. The van der Waals surface area contributed by atoms with E-state index in [4.69, 9.17) is 0 Å². The molecule has 0 amide bonds. The largest absolute Gasteiger partial charge is 0.268 e. The summed E-state index contributed by atoms with van der Waals surface area (Å²) in [5.74, 6) is 0. The molecule has 17 heavy (non-hydrogen) atoms. The average molecular weight is 224 g/mol. The third kappa shape index (κ3) is 1.43. The predicted molar refractivity (Wildman–Crippen MR) is 68.4 cm³/mol. The molecule has 0 aliphatic carbocycles. The fourth-order valence-electron chi connectivity index (χ4n) is 2.12. The van der Waals surface area contributed by atoms with Crippen LogP contribution in [0.3, 0.4) is 0 Å². The van der Waals surface area contributed by atoms with E-state index >= 15 is 0 Å². The molecule has 0 atom stereocenters. The maximum atomic E-state index is 12.3. The van der Waals surface area contributed by atoms with Crippen LogP contribution in [0.4, 0.5) is 0 Å². The van der Waals surface area contributed by atoms with Crippen molar-refractivity contribution in [1.82, 2.24) is 9.38 Å². The van der Waals surface area contributed by atoms with E-state index in [1.807, 2.05) is 44.2 Å². The summed E-state index contributed by atoms with van der Waals surface area (Å²) in [6, 6.07) is 9.58. The molecule has 3 heteroatoms. The summed E-state index contributed by atoms with van der Waals surface area (Å²) < 4.78 is 1.60. The van der Waals surface area contributed by atoms with Crippen LogP contribution in [0.15, 0.2) is 41.3 Å². The fourth-order valence-corrected chi connectivity index (χ4v) is 2.12. The van der Waals surface area contributed by atoms with Crippen LogP contribution in [0.5, 0.6) is 0 Å². The van der Waals surface area contributed by atoms with E-state index in [2.05, 4.69) is 4.98 Å². The number of hydrogen-bond donors (Lipinski definition) is 0. The number of aryl methyl sites for hydroxylation is 2. The van der Waals surface area contributed by atoms with E-state index in [1.165, 1.54) is 0 Å². The Morgan fingerprint density at radius 1 is 1.18 bits per heavy atom. The average Bonchev–Trinajstić information content (AvgIpc) is 2.28. The van der Waals surface area contributed by atoms with Gasteiger partial charge in [0.15, 0.2) is 0 Å². The lowest BCUT2D eigenvalue weighted by atomic mass is 10.1. The minimum Gasteiger partial charge on any atom is -0.268 e. The summed E-state index contributed by atoms with van der Waals surface area (Å²) in [5, 5.41) is 0.703. The van der Waals surface area contributed by atoms with Crippen LogP contribution in [0.1, 0.15) is 11.1 Å². The second kappa shape index (κ2) is 3.42. The summed E-state index contributed by atoms with van der Waals surface area (Å²) in [4.78, 5) is 16.9. The molecule has 0 fully saturated rings. The van der Waals surface area contributed by atoms with Gasteiger partial charge in [0, 0.05) is 6.20 Å². The molecule has 3 aromatic rings. The summed E-state index contributed by atoms with van der Waals surface area (Å²) in [5.41, 5.74) is 3.54. The Morgan fingerprint density at radius 3 is 2.82 bits per heavy atom. The predicted octanol–water partition coefficient (Wildman–Crippen LogP) is 2.46. The van der Waals surface area contributed by atoms with Crippen molar-refractivity contribution in [3.8, 4) is 0 Å². The van der Waals surface area contributed by atoms with Gasteiger partial charge >= 0.3 is 0 Å². The highest BCUT2D eigenvalue weighted by Crippen LogP contribution is 2.13. The molecule has 2 heterocycles. The standard InChI is InChI=1S/C14H12N2O/c1-9-6-7-16-12(8-9)15-11-5-3-4-10(2)13(11)14(16)17/h3-8H,1-2H3. The molecule has 0 saturated carbocycles. The van der Waals surface area contributed by atoms with Crippen molar-refractivity contribution in [2.75, 3.05) is 0 Å². The molecule has 3 nitrogen and oxygen atoms in total. The van der Waals surface area contributed by atoms with Gasteiger partial charge in [-0.15, -0.1) is 0 Å². The molecule has 0 N–H and O–H groups in total. The highest BCUT2D eigenvalue weighted by molar-refractivity contribution is 5.82. The van der Waals surface area contributed by atoms with E-state index in [1.54, 1.807) is 10.6 Å². The Labute approximate surface area is 98.4 Å². The van der Waals surface area contributed by atoms with Crippen LogP contribution >= 0.6 is 0 Å². The highest BCUT2D eigenvalue weighted by atomic mass is 16.1. The third-order valence-electron chi connectivity index (χ3n) is 3.01. The van der Waals surface area contributed by atoms with Crippen molar-refractivity contribution in [1.29, 1.82) is 0 Å². The van der Waals surface area contributed by atoms with Gasteiger partial charge in [0.1, 0.15) is 5.65 Å². The van der Waals surface area contributed by atoms with Gasteiger partial charge in [-0.05, 0) is 43.2 Å². The van der Waals surface area contributed by atoms with Crippen LogP contribution in [0.25, 0.3) is 16.6 Å². The minimum atomic E-state index is 0.00287. The second-order valence-corrected chi connectivity index (χ2v) is 4.32. The van der Waals surface area contributed by atoms with E-state index < -0.39 is 0 Å². The fraction of sp³-hybridized carbons (Fsp3) is 0.143. The van der Waals surface area contributed by atoms with E-state index in [9.17, 15) is 4.79 Å². The lowest BCUT2D eigenvalue weighted by molar-refractivity contribution is 1.07. The maximum absolute atomic E-state index is 12.3. The van der Waals surface area contributed by atoms with Gasteiger partial charge in [-0.25, -0.2) is 4.98 Å². The molecule has 2 aromatic heterocycles. The SMILES string of the molecule is Cc1ccn2c(=O)c3c(C)cccc3nc2c1. The van der Waals surface area contributed by atoms with Gasteiger partial charge in [0.05, 0.1) is 10.9 Å². The lowest BCUT2D eigenvalue weighted by Gasteiger charge is -2.05. The summed E-state index contributed by atoms with van der Waals surface area (Å²) in [6.45, 7) is 3.93. The van der Waals surface area contributed by atoms with E-state index in [0.717, 1.165) is 16.6 Å². The van der Waals surface area contributed by atoms with Gasteiger partial charge in [-0.1, -0.05) is 12.1 Å². The monoisotopic (exact) mass is 224 g/mol. The van der Waals surface area contributed by atoms with Gasteiger partial charge in [0.2, 0.25) is 0 Å². The smallest absolute Gasteiger partial charge is 0.265 e. The number of nitrogens with zero attached hydrogens (tertiary/aromatic N) is 2. The molecular weight excluding hydrogens is 212 g/mol. The molecule has 1 aromatic carbocycles. The number of benzene rings is 1. The Bertz CT molecular complexity index is 786. The number of fused-ring (bicyclic) bond motifs is 2. The normalized spacial score (nSPS) is 11.2. The lowest BCUT2D eigenvalue weighted by Crippen LogP contribution is -2.15. The van der Waals surface area contributed by atoms with Crippen LogP contribution in [-0.4, -0.2) is 9.38 Å². The van der Waals surface area contributed by atoms with Crippen LogP contribution in [0, 0.1) is 13.8 Å². The molecule has 0 aliphatic rings. The Hall–Kier alpha value is -2.16. The first kappa shape index (κ1) is 10.0. The molecule has 0 saturated heterocycles. The zero-order chi connectivity index (χ0) is 12.0. The van der Waals surface area contributed by atoms with Crippen molar-refractivity contribution in [3.05, 3.63) is 58.0 Å². The molecular formula is C14H12N2O. The van der Waals surface area contributed by atoms with E-state index in [0.29, 0.717) is 11.0 Å². The van der Waals surface area contributed by atoms with Crippen molar-refractivity contribution >= 4 is 16.6 Å². The van der Waals surface area contributed by atoms with E-state index in [-0.39, 0.29) is 5.56 Å². The zero-order valence-corrected chi connectivity index (χ0v) is 9.77. The van der Waals surface area contributed by atoms with Crippen molar-refractivity contribution in [2.45, 2.75) is 13.8 Å². The Morgan fingerprint density at radius 2 is 2.00 bits per heavy atom. The molecule has 0 aliphatic heterocycles. The Kier molecular flexibility index (Phi) is 2.01. The van der Waals surface area contributed by atoms with Crippen LogP contribution in [0.2, 0.25) is 0 Å². The first-order valence-electron chi connectivity index (χ1n) is 5.55. The molecule has 0 unspecified atom stereocenters. The zero-order valence-electron chi connectivity index (χ0n) is 9.77. The highest BCUT2D eigenvalue weighted by Gasteiger charge is 2.06.